The van der Waals surface area contributed by atoms with Crippen LogP contribution in [0.1, 0.15) is 6.42 Å². The van der Waals surface area contributed by atoms with Crippen LogP contribution in [-0.4, -0.2) is 31.5 Å². The van der Waals surface area contributed by atoms with Crippen LogP contribution in [0.3, 0.4) is 0 Å². The topological polar surface area (TPSA) is 38.8 Å². The molecule has 2 rings (SSSR count). The Labute approximate surface area is 109 Å². The smallest absolute Gasteiger partial charge is 0.228 e. The molecule has 4 nitrogen and oxygen atoms in total. The number of ether oxygens (including phenoxy) is 2. The van der Waals surface area contributed by atoms with Crippen LogP contribution in [0.25, 0.3) is 0 Å². The molecular weight excluding hydrogens is 286 g/mol. The third-order valence-electron chi connectivity index (χ3n) is 2.73. The highest BCUT2D eigenvalue weighted by Gasteiger charge is 2.29. The van der Waals surface area contributed by atoms with Gasteiger partial charge in [-0.05, 0) is 0 Å². The number of carbonyl (C=O) groups is 1. The van der Waals surface area contributed by atoms with E-state index in [1.165, 1.54) is 0 Å². The monoisotopic (exact) mass is 299 g/mol. The van der Waals surface area contributed by atoms with E-state index >= 15 is 0 Å². The molecule has 0 saturated carbocycles. The lowest BCUT2D eigenvalue weighted by atomic mass is 10.2. The molecule has 0 spiro atoms. The quantitative estimate of drug-likeness (QED) is 0.803. The Hall–Kier alpha value is -1.23. The standard InChI is InChI=1S/C12H14BrNO3/c1-16-10-4-9(5-11(6-10)17-2)14-7-8(13)3-12(14)15/h4-6,8H,3,7H2,1-2H3. The van der Waals surface area contributed by atoms with E-state index in [4.69, 9.17) is 9.47 Å². The first kappa shape index (κ1) is 12.2. The summed E-state index contributed by atoms with van der Waals surface area (Å²) < 4.78 is 10.4. The summed E-state index contributed by atoms with van der Waals surface area (Å²) in [6, 6.07) is 5.46. The van der Waals surface area contributed by atoms with Gasteiger partial charge in [0.25, 0.3) is 0 Å². The number of alkyl halides is 1. The number of anilines is 1. The number of carbonyl (C=O) groups excluding carboxylic acids is 1. The highest BCUT2D eigenvalue weighted by molar-refractivity contribution is 9.09. The first-order valence-corrected chi connectivity index (χ1v) is 6.23. The average molecular weight is 300 g/mol. The lowest BCUT2D eigenvalue weighted by Crippen LogP contribution is -2.24. The molecule has 1 amide bonds. The largest absolute Gasteiger partial charge is 0.497 e. The second kappa shape index (κ2) is 4.96. The Morgan fingerprint density at radius 2 is 1.82 bits per heavy atom. The molecule has 1 aliphatic rings. The van der Waals surface area contributed by atoms with Gasteiger partial charge in [0.05, 0.1) is 19.9 Å². The Morgan fingerprint density at radius 3 is 2.24 bits per heavy atom. The van der Waals surface area contributed by atoms with Crippen LogP contribution in [0, 0.1) is 0 Å². The lowest BCUT2D eigenvalue weighted by Gasteiger charge is -2.17. The van der Waals surface area contributed by atoms with Crippen LogP contribution >= 0.6 is 15.9 Å². The highest BCUT2D eigenvalue weighted by atomic mass is 79.9. The van der Waals surface area contributed by atoms with Crippen molar-refractivity contribution >= 4 is 27.5 Å². The SMILES string of the molecule is COc1cc(OC)cc(N2CC(Br)CC2=O)c1. The van der Waals surface area contributed by atoms with Gasteiger partial charge < -0.3 is 14.4 Å². The number of halogens is 1. The van der Waals surface area contributed by atoms with Crippen molar-refractivity contribution < 1.29 is 14.3 Å². The minimum absolute atomic E-state index is 0.113. The van der Waals surface area contributed by atoms with Crippen molar-refractivity contribution in [2.45, 2.75) is 11.2 Å². The van der Waals surface area contributed by atoms with Gasteiger partial charge in [0.2, 0.25) is 5.91 Å². The van der Waals surface area contributed by atoms with E-state index in [0.29, 0.717) is 24.5 Å². The fourth-order valence-corrected chi connectivity index (χ4v) is 2.43. The molecule has 0 bridgehead atoms. The normalized spacial score (nSPS) is 19.6. The second-order valence-electron chi connectivity index (χ2n) is 3.88. The third-order valence-corrected chi connectivity index (χ3v) is 3.34. The summed E-state index contributed by atoms with van der Waals surface area (Å²) >= 11 is 3.46. The fourth-order valence-electron chi connectivity index (χ4n) is 1.86. The zero-order chi connectivity index (χ0) is 12.4. The molecule has 5 heteroatoms. The third kappa shape index (κ3) is 2.54. The summed E-state index contributed by atoms with van der Waals surface area (Å²) in [7, 11) is 3.19. The van der Waals surface area contributed by atoms with Crippen molar-refractivity contribution in [3.8, 4) is 11.5 Å². The minimum Gasteiger partial charge on any atom is -0.497 e. The number of methoxy groups -OCH3 is 2. The summed E-state index contributed by atoms with van der Waals surface area (Å²) in [6.45, 7) is 0.676. The van der Waals surface area contributed by atoms with E-state index < -0.39 is 0 Å². The van der Waals surface area contributed by atoms with Crippen LogP contribution in [0.2, 0.25) is 0 Å². The zero-order valence-electron chi connectivity index (χ0n) is 9.77. The van der Waals surface area contributed by atoms with E-state index in [9.17, 15) is 4.79 Å². The van der Waals surface area contributed by atoms with Crippen LogP contribution in [0.4, 0.5) is 5.69 Å². The van der Waals surface area contributed by atoms with Crippen LogP contribution in [0.15, 0.2) is 18.2 Å². The van der Waals surface area contributed by atoms with Gasteiger partial charge in [-0.2, -0.15) is 0 Å². The molecule has 1 fully saturated rings. The van der Waals surface area contributed by atoms with Crippen molar-refractivity contribution in [3.63, 3.8) is 0 Å². The number of rotatable bonds is 3. The maximum atomic E-state index is 11.8. The van der Waals surface area contributed by atoms with Crippen LogP contribution in [-0.2, 0) is 4.79 Å². The van der Waals surface area contributed by atoms with E-state index in [-0.39, 0.29) is 10.7 Å². The van der Waals surface area contributed by atoms with Crippen molar-refractivity contribution in [2.75, 3.05) is 25.7 Å². The molecule has 0 aliphatic carbocycles. The number of hydrogen-bond donors (Lipinski definition) is 0. The van der Waals surface area contributed by atoms with E-state index in [1.807, 2.05) is 12.1 Å². The molecule has 1 aromatic carbocycles. The summed E-state index contributed by atoms with van der Waals surface area (Å²) in [5, 5.41) is 0. The summed E-state index contributed by atoms with van der Waals surface area (Å²) in [6.07, 6.45) is 0.527. The maximum Gasteiger partial charge on any atom is 0.228 e. The number of benzene rings is 1. The Balaban J connectivity index is 2.34. The Kier molecular flexibility index (Phi) is 3.57. The maximum absolute atomic E-state index is 11.8. The number of nitrogens with zero attached hydrogens (tertiary/aromatic N) is 1. The second-order valence-corrected chi connectivity index (χ2v) is 5.17. The molecule has 1 aromatic rings. The summed E-state index contributed by atoms with van der Waals surface area (Å²) in [5.74, 6) is 1.48. The molecule has 1 unspecified atom stereocenters. The van der Waals surface area contributed by atoms with Gasteiger partial charge in [-0.25, -0.2) is 0 Å². The molecule has 1 saturated heterocycles. The van der Waals surface area contributed by atoms with E-state index in [2.05, 4.69) is 15.9 Å². The molecule has 1 atom stereocenters. The average Bonchev–Trinajstić information content (AvgIpc) is 2.67. The molecule has 92 valence electrons. The first-order valence-electron chi connectivity index (χ1n) is 5.31. The highest BCUT2D eigenvalue weighted by Crippen LogP contribution is 2.32. The Morgan fingerprint density at radius 1 is 1.24 bits per heavy atom. The molecule has 17 heavy (non-hydrogen) atoms. The fraction of sp³-hybridized carbons (Fsp3) is 0.417. The molecule has 1 aliphatic heterocycles. The predicted octanol–water partition coefficient (Wildman–Crippen LogP) is 2.20. The van der Waals surface area contributed by atoms with Gasteiger partial charge in [0, 0.05) is 36.0 Å². The van der Waals surface area contributed by atoms with Crippen LogP contribution < -0.4 is 14.4 Å². The van der Waals surface area contributed by atoms with E-state index in [0.717, 1.165) is 5.69 Å². The molecule has 1 heterocycles. The van der Waals surface area contributed by atoms with Crippen molar-refractivity contribution in [1.82, 2.24) is 0 Å². The molecular formula is C12H14BrNO3. The lowest BCUT2D eigenvalue weighted by molar-refractivity contribution is -0.117. The summed E-state index contributed by atoms with van der Waals surface area (Å²) in [5.41, 5.74) is 0.813. The van der Waals surface area contributed by atoms with Gasteiger partial charge in [-0.1, -0.05) is 15.9 Å². The van der Waals surface area contributed by atoms with E-state index in [1.54, 1.807) is 25.2 Å². The van der Waals surface area contributed by atoms with Crippen LogP contribution in [0.5, 0.6) is 11.5 Å². The Bertz CT molecular complexity index is 414. The minimum atomic E-state index is 0.113. The van der Waals surface area contributed by atoms with Gasteiger partial charge in [0.1, 0.15) is 11.5 Å². The van der Waals surface area contributed by atoms with Crippen molar-refractivity contribution in [3.05, 3.63) is 18.2 Å². The van der Waals surface area contributed by atoms with Gasteiger partial charge in [-0.15, -0.1) is 0 Å². The predicted molar refractivity (Wildman–Crippen MR) is 69.2 cm³/mol. The van der Waals surface area contributed by atoms with Crippen molar-refractivity contribution in [1.29, 1.82) is 0 Å². The van der Waals surface area contributed by atoms with Gasteiger partial charge in [0.15, 0.2) is 0 Å². The number of hydrogen-bond acceptors (Lipinski definition) is 3. The number of amides is 1. The zero-order valence-corrected chi connectivity index (χ0v) is 11.4. The van der Waals surface area contributed by atoms with Gasteiger partial charge >= 0.3 is 0 Å². The summed E-state index contributed by atoms with van der Waals surface area (Å²) in [4.78, 5) is 13.8. The van der Waals surface area contributed by atoms with Gasteiger partial charge in [-0.3, -0.25) is 4.79 Å². The van der Waals surface area contributed by atoms with Crippen molar-refractivity contribution in [2.24, 2.45) is 0 Å². The molecule has 0 aromatic heterocycles. The molecule has 0 radical (unpaired) electrons. The first-order chi connectivity index (χ1) is 8.13. The molecule has 0 N–H and O–H groups in total.